The minimum atomic E-state index is -4.62. The largest absolute Gasteiger partial charge is 0.416 e. The minimum Gasteiger partial charge on any atom is -0.350 e. The first-order valence-electron chi connectivity index (χ1n) is 10.0. The van der Waals surface area contributed by atoms with E-state index in [1.54, 1.807) is 12.1 Å². The first kappa shape index (κ1) is 25.6. The topological polar surface area (TPSA) is 78.5 Å². The van der Waals surface area contributed by atoms with Gasteiger partial charge in [0.25, 0.3) is 17.7 Å². The molecule has 36 heavy (non-hydrogen) atoms. The Morgan fingerprint density at radius 2 is 1.58 bits per heavy atom. The van der Waals surface area contributed by atoms with Crippen LogP contribution in [-0.2, 0) is 15.8 Å². The molecule has 3 aromatic carbocycles. The maximum absolute atomic E-state index is 13.0. The maximum atomic E-state index is 13.0. The zero-order valence-electron chi connectivity index (χ0n) is 17.8. The van der Waals surface area contributed by atoms with Crippen molar-refractivity contribution in [3.05, 3.63) is 98.6 Å². The summed E-state index contributed by atoms with van der Waals surface area (Å²) in [5.74, 6) is -2.26. The molecule has 0 saturated carbocycles. The van der Waals surface area contributed by atoms with Crippen LogP contribution in [0.2, 0.25) is 10.0 Å². The van der Waals surface area contributed by atoms with Crippen LogP contribution >= 0.6 is 34.8 Å². The van der Waals surface area contributed by atoms with Crippen LogP contribution in [0.5, 0.6) is 0 Å². The monoisotopic (exact) mass is 553 g/mol. The first-order chi connectivity index (χ1) is 17.0. The molecule has 0 spiro atoms. The van der Waals surface area contributed by atoms with E-state index < -0.39 is 29.5 Å². The molecule has 6 nitrogen and oxygen atoms in total. The van der Waals surface area contributed by atoms with Crippen molar-refractivity contribution in [2.45, 2.75) is 6.18 Å². The molecule has 0 atom stereocenters. The molecule has 0 aliphatic carbocycles. The normalized spacial score (nSPS) is 13.9. The third-order valence-corrected chi connectivity index (χ3v) is 5.95. The van der Waals surface area contributed by atoms with Gasteiger partial charge in [0.15, 0.2) is 0 Å². The number of imide groups is 1. The maximum Gasteiger partial charge on any atom is 0.416 e. The lowest BCUT2D eigenvalue weighted by atomic mass is 10.1. The zero-order valence-corrected chi connectivity index (χ0v) is 20.1. The summed E-state index contributed by atoms with van der Waals surface area (Å²) in [6, 6.07) is 14.3. The number of anilines is 3. The van der Waals surface area contributed by atoms with Gasteiger partial charge in [-0.3, -0.25) is 14.4 Å². The van der Waals surface area contributed by atoms with Crippen LogP contribution in [0.25, 0.3) is 0 Å². The number of amides is 3. The molecule has 4 rings (SSSR count). The Balaban J connectivity index is 1.55. The van der Waals surface area contributed by atoms with Gasteiger partial charge < -0.3 is 10.6 Å². The van der Waals surface area contributed by atoms with Crippen LogP contribution < -0.4 is 15.5 Å². The van der Waals surface area contributed by atoms with Gasteiger partial charge in [-0.05, 0) is 54.6 Å². The smallest absolute Gasteiger partial charge is 0.350 e. The van der Waals surface area contributed by atoms with Crippen LogP contribution in [0.1, 0.15) is 15.9 Å². The van der Waals surface area contributed by atoms with E-state index in [1.165, 1.54) is 36.4 Å². The highest BCUT2D eigenvalue weighted by molar-refractivity contribution is 6.53. The summed E-state index contributed by atoms with van der Waals surface area (Å²) in [6.45, 7) is 0. The number of carbonyl (C=O) groups is 3. The number of nitrogens with zero attached hydrogens (tertiary/aromatic N) is 1. The molecule has 0 radical (unpaired) electrons. The van der Waals surface area contributed by atoms with E-state index in [-0.39, 0.29) is 38.4 Å². The number of benzene rings is 3. The number of hydrogen-bond acceptors (Lipinski definition) is 4. The standard InChI is InChI=1S/C24H13Cl3F3N3O3/c25-14-4-2-6-16(11-14)33-22(35)19(27)20(23(33)36)31-15-5-1-3-12(9-15)21(34)32-18-10-13(24(28,29)30)7-8-17(18)26/h1-11,31H,(H,32,34). The zero-order chi connectivity index (χ0) is 26.2. The second-order valence-corrected chi connectivity index (χ2v) is 8.69. The molecule has 1 aliphatic heterocycles. The van der Waals surface area contributed by atoms with Crippen molar-refractivity contribution in [1.82, 2.24) is 0 Å². The van der Waals surface area contributed by atoms with Crippen molar-refractivity contribution < 1.29 is 27.6 Å². The van der Waals surface area contributed by atoms with Crippen LogP contribution in [0.3, 0.4) is 0 Å². The lowest BCUT2D eigenvalue weighted by Gasteiger charge is -2.15. The van der Waals surface area contributed by atoms with Crippen molar-refractivity contribution in [3.8, 4) is 0 Å². The van der Waals surface area contributed by atoms with Gasteiger partial charge in [-0.25, -0.2) is 4.90 Å². The summed E-state index contributed by atoms with van der Waals surface area (Å²) in [4.78, 5) is 39.1. The molecule has 0 saturated heterocycles. The first-order valence-corrected chi connectivity index (χ1v) is 11.2. The van der Waals surface area contributed by atoms with Gasteiger partial charge in [0.05, 0.1) is 22.0 Å². The summed E-state index contributed by atoms with van der Waals surface area (Å²) in [6.07, 6.45) is -4.62. The molecule has 1 aliphatic rings. The molecule has 0 fully saturated rings. The van der Waals surface area contributed by atoms with Gasteiger partial charge in [-0.2, -0.15) is 13.2 Å². The number of nitrogens with one attached hydrogen (secondary N) is 2. The van der Waals surface area contributed by atoms with Crippen LogP contribution in [0, 0.1) is 0 Å². The quantitative estimate of drug-likeness (QED) is 0.344. The number of halogens is 6. The lowest BCUT2D eigenvalue weighted by molar-refractivity contribution is -0.137. The molecule has 0 aromatic heterocycles. The second kappa shape index (κ2) is 9.85. The summed E-state index contributed by atoms with van der Waals surface area (Å²) < 4.78 is 39.0. The van der Waals surface area contributed by atoms with E-state index in [9.17, 15) is 27.6 Å². The van der Waals surface area contributed by atoms with Crippen LogP contribution in [-0.4, -0.2) is 17.7 Å². The van der Waals surface area contributed by atoms with E-state index >= 15 is 0 Å². The number of rotatable bonds is 5. The molecular weight excluding hydrogens is 542 g/mol. The lowest BCUT2D eigenvalue weighted by Crippen LogP contribution is -2.32. The van der Waals surface area contributed by atoms with Gasteiger partial charge in [0.1, 0.15) is 10.7 Å². The van der Waals surface area contributed by atoms with Crippen molar-refractivity contribution >= 4 is 69.6 Å². The van der Waals surface area contributed by atoms with E-state index in [4.69, 9.17) is 34.8 Å². The molecule has 2 N–H and O–H groups in total. The highest BCUT2D eigenvalue weighted by atomic mass is 35.5. The van der Waals surface area contributed by atoms with Crippen LogP contribution in [0.4, 0.5) is 30.2 Å². The fraction of sp³-hybridized carbons (Fsp3) is 0.0417. The molecule has 184 valence electrons. The van der Waals surface area contributed by atoms with Crippen LogP contribution in [0.15, 0.2) is 77.5 Å². The highest BCUT2D eigenvalue weighted by Crippen LogP contribution is 2.34. The predicted octanol–water partition coefficient (Wildman–Crippen LogP) is 6.70. The minimum absolute atomic E-state index is 0.0358. The molecule has 0 bridgehead atoms. The van der Waals surface area contributed by atoms with Gasteiger partial charge in [-0.15, -0.1) is 0 Å². The second-order valence-electron chi connectivity index (χ2n) is 7.47. The molecule has 0 unspecified atom stereocenters. The third-order valence-electron chi connectivity index (χ3n) is 5.03. The average molecular weight is 555 g/mol. The Bertz CT molecular complexity index is 1440. The summed E-state index contributed by atoms with van der Waals surface area (Å²) in [5.41, 5.74) is -0.949. The predicted molar refractivity (Wildman–Crippen MR) is 131 cm³/mol. The Morgan fingerprint density at radius 3 is 2.28 bits per heavy atom. The SMILES string of the molecule is O=C(Nc1cc(C(F)(F)F)ccc1Cl)c1cccc(NC2=C(Cl)C(=O)N(c3cccc(Cl)c3)C2=O)c1. The molecule has 1 heterocycles. The fourth-order valence-corrected chi connectivity index (χ4v) is 3.90. The van der Waals surface area contributed by atoms with Crippen molar-refractivity contribution in [2.75, 3.05) is 15.5 Å². The summed E-state index contributed by atoms with van der Waals surface area (Å²) in [5, 5.41) is 4.93. The highest BCUT2D eigenvalue weighted by Gasteiger charge is 2.39. The van der Waals surface area contributed by atoms with Gasteiger partial charge >= 0.3 is 6.18 Å². The Morgan fingerprint density at radius 1 is 0.861 bits per heavy atom. The van der Waals surface area contributed by atoms with E-state index in [0.717, 1.165) is 23.1 Å². The van der Waals surface area contributed by atoms with E-state index in [2.05, 4.69) is 10.6 Å². The van der Waals surface area contributed by atoms with Gasteiger partial charge in [0, 0.05) is 16.3 Å². The van der Waals surface area contributed by atoms with Gasteiger partial charge in [-0.1, -0.05) is 46.9 Å². The fourth-order valence-electron chi connectivity index (χ4n) is 3.34. The third kappa shape index (κ3) is 5.18. The van der Waals surface area contributed by atoms with E-state index in [1.807, 2.05) is 0 Å². The number of alkyl halides is 3. The molecule has 12 heteroatoms. The Labute approximate surface area is 217 Å². The molecule has 3 aromatic rings. The van der Waals surface area contributed by atoms with Crippen molar-refractivity contribution in [1.29, 1.82) is 0 Å². The van der Waals surface area contributed by atoms with Crippen molar-refractivity contribution in [3.63, 3.8) is 0 Å². The van der Waals surface area contributed by atoms with Gasteiger partial charge in [0.2, 0.25) is 0 Å². The van der Waals surface area contributed by atoms with Crippen molar-refractivity contribution in [2.24, 2.45) is 0 Å². The molecular formula is C24H13Cl3F3N3O3. The number of hydrogen-bond donors (Lipinski definition) is 2. The average Bonchev–Trinajstić information content (AvgIpc) is 3.03. The Kier molecular flexibility index (Phi) is 6.99. The summed E-state index contributed by atoms with van der Waals surface area (Å²) >= 11 is 18.0. The Hall–Kier alpha value is -3.53. The molecule has 3 amide bonds. The summed E-state index contributed by atoms with van der Waals surface area (Å²) in [7, 11) is 0. The van der Waals surface area contributed by atoms with E-state index in [0.29, 0.717) is 5.02 Å². The number of carbonyl (C=O) groups excluding carboxylic acids is 3.